The van der Waals surface area contributed by atoms with E-state index in [-0.39, 0.29) is 17.4 Å². The highest BCUT2D eigenvalue weighted by Crippen LogP contribution is 2.33. The van der Waals surface area contributed by atoms with E-state index in [4.69, 9.17) is 4.74 Å². The average Bonchev–Trinajstić information content (AvgIpc) is 3.10. The number of thiazole rings is 1. The number of para-hydroxylation sites is 2. The number of likely N-dealkylation sites (N-methyl/N-ethyl adjacent to an activating group) is 1. The molecule has 0 fully saturated rings. The molecule has 1 heterocycles. The number of nitrogens with zero attached hydrogens (tertiary/aromatic N) is 2. The van der Waals surface area contributed by atoms with Crippen LogP contribution >= 0.6 is 11.3 Å². The molecule has 3 aromatic rings. The number of hydrogen-bond acceptors (Lipinski definition) is 5. The summed E-state index contributed by atoms with van der Waals surface area (Å²) >= 11 is 1.41. The predicted molar refractivity (Wildman–Crippen MR) is 106 cm³/mol. The molecule has 0 atom stereocenters. The maximum Gasteiger partial charge on any atom is 0.387 e. The molecule has 0 aliphatic carbocycles. The molecule has 0 unspecified atom stereocenters. The topological polar surface area (TPSA) is 51.7 Å². The molecule has 8 heteroatoms. The molecule has 5 nitrogen and oxygen atoms in total. The lowest BCUT2D eigenvalue weighted by molar-refractivity contribution is -0.114. The Morgan fingerprint density at radius 3 is 2.71 bits per heavy atom. The van der Waals surface area contributed by atoms with Crippen molar-refractivity contribution in [2.24, 2.45) is 0 Å². The molecule has 0 saturated carbocycles. The fourth-order valence-electron chi connectivity index (χ4n) is 2.65. The Labute approximate surface area is 164 Å². The summed E-state index contributed by atoms with van der Waals surface area (Å²) in [7, 11) is 1.36. The van der Waals surface area contributed by atoms with Crippen molar-refractivity contribution in [3.63, 3.8) is 0 Å². The van der Waals surface area contributed by atoms with E-state index in [0.29, 0.717) is 17.2 Å². The minimum absolute atomic E-state index is 0.118. The summed E-state index contributed by atoms with van der Waals surface area (Å²) in [5, 5.41) is 0.577. The average molecular weight is 404 g/mol. The Balaban J connectivity index is 1.87. The lowest BCUT2D eigenvalue weighted by atomic mass is 10.1. The van der Waals surface area contributed by atoms with E-state index in [1.165, 1.54) is 41.6 Å². The Morgan fingerprint density at radius 1 is 1.25 bits per heavy atom. The maximum absolute atomic E-state index is 12.7. The van der Waals surface area contributed by atoms with Crippen molar-refractivity contribution in [2.75, 3.05) is 18.6 Å². The summed E-state index contributed by atoms with van der Waals surface area (Å²) in [5.74, 6) is -0.270. The van der Waals surface area contributed by atoms with Crippen molar-refractivity contribution in [2.45, 2.75) is 13.5 Å². The fraction of sp³-hybridized carbons (Fsp3) is 0.200. The van der Waals surface area contributed by atoms with E-state index < -0.39 is 6.61 Å². The van der Waals surface area contributed by atoms with Crippen LogP contribution in [0.2, 0.25) is 0 Å². The van der Waals surface area contributed by atoms with Gasteiger partial charge in [-0.2, -0.15) is 8.78 Å². The highest BCUT2D eigenvalue weighted by Gasteiger charge is 2.17. The van der Waals surface area contributed by atoms with Gasteiger partial charge >= 0.3 is 6.61 Å². The molecule has 28 heavy (non-hydrogen) atoms. The molecule has 0 saturated heterocycles. The molecule has 0 N–H and O–H groups in total. The second kappa shape index (κ2) is 8.79. The van der Waals surface area contributed by atoms with E-state index in [0.717, 1.165) is 10.2 Å². The normalized spacial score (nSPS) is 11.3. The van der Waals surface area contributed by atoms with Crippen LogP contribution in [-0.2, 0) is 4.79 Å². The zero-order valence-electron chi connectivity index (χ0n) is 15.3. The number of ether oxygens (including phenoxy) is 2. The largest absolute Gasteiger partial charge is 0.493 e. The summed E-state index contributed by atoms with van der Waals surface area (Å²) in [6.07, 6.45) is 2.74. The highest BCUT2D eigenvalue weighted by atomic mass is 32.1. The van der Waals surface area contributed by atoms with Crippen molar-refractivity contribution < 1.29 is 23.0 Å². The van der Waals surface area contributed by atoms with Crippen molar-refractivity contribution in [3.8, 4) is 11.5 Å². The van der Waals surface area contributed by atoms with Crippen molar-refractivity contribution in [3.05, 3.63) is 54.1 Å². The third kappa shape index (κ3) is 4.28. The molecular formula is C20H18F2N2O3S. The lowest BCUT2D eigenvalue weighted by Gasteiger charge is -2.15. The van der Waals surface area contributed by atoms with Gasteiger partial charge in [0.05, 0.1) is 17.3 Å². The predicted octanol–water partition coefficient (Wildman–Crippen LogP) is 4.97. The SMILES string of the molecule is CCN(C(=O)/C=C/c1cccc(OC)c1OC(F)F)c1nc2ccccc2s1. The van der Waals surface area contributed by atoms with E-state index >= 15 is 0 Å². The molecule has 0 bridgehead atoms. The van der Waals surface area contributed by atoms with Crippen LogP contribution in [0.4, 0.5) is 13.9 Å². The number of anilines is 1. The second-order valence-electron chi connectivity index (χ2n) is 5.64. The number of halogens is 2. The zero-order valence-corrected chi connectivity index (χ0v) is 16.1. The first-order valence-corrected chi connectivity index (χ1v) is 9.32. The molecule has 146 valence electrons. The molecule has 1 amide bonds. The first-order valence-electron chi connectivity index (χ1n) is 8.50. The Hall–Kier alpha value is -3.00. The number of benzene rings is 2. The van der Waals surface area contributed by atoms with Gasteiger partial charge in [-0.25, -0.2) is 4.98 Å². The molecule has 1 aromatic heterocycles. The van der Waals surface area contributed by atoms with Crippen molar-refractivity contribution in [1.29, 1.82) is 0 Å². The first kappa shape index (κ1) is 19.8. The van der Waals surface area contributed by atoms with Crippen LogP contribution < -0.4 is 14.4 Å². The number of carbonyl (C=O) groups is 1. The van der Waals surface area contributed by atoms with Gasteiger partial charge in [0.2, 0.25) is 0 Å². The van der Waals surface area contributed by atoms with Crippen molar-refractivity contribution >= 4 is 38.7 Å². The van der Waals surface area contributed by atoms with Gasteiger partial charge in [0.15, 0.2) is 16.6 Å². The number of rotatable bonds is 7. The third-order valence-corrected chi connectivity index (χ3v) is 5.00. The number of fused-ring (bicyclic) bond motifs is 1. The summed E-state index contributed by atoms with van der Waals surface area (Å²) < 4.78 is 36.1. The van der Waals surface area contributed by atoms with E-state index in [1.807, 2.05) is 31.2 Å². The fourth-order valence-corrected chi connectivity index (χ4v) is 3.69. The number of aromatic nitrogens is 1. The van der Waals surface area contributed by atoms with Gasteiger partial charge in [-0.1, -0.05) is 35.6 Å². The van der Waals surface area contributed by atoms with Gasteiger partial charge < -0.3 is 9.47 Å². The standard InChI is InChI=1S/C20H18F2N2O3S/c1-3-24(20-23-14-8-4-5-10-16(14)28-20)17(25)12-11-13-7-6-9-15(26-2)18(13)27-19(21)22/h4-12,19H,3H2,1-2H3/b12-11+. The van der Waals surface area contributed by atoms with Gasteiger partial charge in [-0.15, -0.1) is 0 Å². The summed E-state index contributed by atoms with van der Waals surface area (Å²) in [4.78, 5) is 18.7. The van der Waals surface area contributed by atoms with E-state index in [9.17, 15) is 13.6 Å². The van der Waals surface area contributed by atoms with Gasteiger partial charge in [0.25, 0.3) is 5.91 Å². The molecule has 0 aliphatic heterocycles. The van der Waals surface area contributed by atoms with Crippen LogP contribution in [0.5, 0.6) is 11.5 Å². The molecule has 0 spiro atoms. The molecule has 0 aliphatic rings. The van der Waals surface area contributed by atoms with E-state index in [1.54, 1.807) is 12.1 Å². The molecule has 3 rings (SSSR count). The van der Waals surface area contributed by atoms with Crippen LogP contribution in [0, 0.1) is 0 Å². The van der Waals surface area contributed by atoms with Crippen molar-refractivity contribution in [1.82, 2.24) is 4.98 Å². The highest BCUT2D eigenvalue weighted by molar-refractivity contribution is 7.22. The maximum atomic E-state index is 12.7. The van der Waals surface area contributed by atoms with Crippen LogP contribution in [0.15, 0.2) is 48.5 Å². The third-order valence-electron chi connectivity index (χ3n) is 3.94. The second-order valence-corrected chi connectivity index (χ2v) is 6.65. The minimum Gasteiger partial charge on any atom is -0.493 e. The number of carbonyl (C=O) groups excluding carboxylic acids is 1. The molecule has 0 radical (unpaired) electrons. The Morgan fingerprint density at radius 2 is 2.04 bits per heavy atom. The zero-order chi connectivity index (χ0) is 20.1. The molecular weight excluding hydrogens is 386 g/mol. The Bertz CT molecular complexity index is 971. The van der Waals surface area contributed by atoms with Gasteiger partial charge in [-0.05, 0) is 31.2 Å². The first-order chi connectivity index (χ1) is 13.5. The van der Waals surface area contributed by atoms with Crippen LogP contribution in [-0.4, -0.2) is 31.2 Å². The Kier molecular flexibility index (Phi) is 6.20. The lowest BCUT2D eigenvalue weighted by Crippen LogP contribution is -2.28. The summed E-state index contributed by atoms with van der Waals surface area (Å²) in [6.45, 7) is -0.745. The monoisotopic (exact) mass is 404 g/mol. The summed E-state index contributed by atoms with van der Waals surface area (Å²) in [5.41, 5.74) is 1.13. The van der Waals surface area contributed by atoms with Crippen LogP contribution in [0.3, 0.4) is 0 Å². The van der Waals surface area contributed by atoms with E-state index in [2.05, 4.69) is 9.72 Å². The van der Waals surface area contributed by atoms with Crippen LogP contribution in [0.1, 0.15) is 12.5 Å². The van der Waals surface area contributed by atoms with Crippen LogP contribution in [0.25, 0.3) is 16.3 Å². The van der Waals surface area contributed by atoms with Gasteiger partial charge in [-0.3, -0.25) is 9.69 Å². The number of amides is 1. The molecule has 2 aromatic carbocycles. The smallest absolute Gasteiger partial charge is 0.387 e. The van der Waals surface area contributed by atoms with Gasteiger partial charge in [0, 0.05) is 18.2 Å². The summed E-state index contributed by atoms with van der Waals surface area (Å²) in [6, 6.07) is 12.3. The van der Waals surface area contributed by atoms with Gasteiger partial charge in [0.1, 0.15) is 0 Å². The quantitative estimate of drug-likeness (QED) is 0.522. The minimum atomic E-state index is -3.01. The number of methoxy groups -OCH3 is 1. The number of hydrogen-bond donors (Lipinski definition) is 0. The number of alkyl halides is 2.